The van der Waals surface area contributed by atoms with E-state index in [1.165, 1.54) is 6.33 Å². The summed E-state index contributed by atoms with van der Waals surface area (Å²) in [5, 5.41) is 0. The van der Waals surface area contributed by atoms with Crippen LogP contribution in [0.3, 0.4) is 0 Å². The molecule has 0 saturated carbocycles. The van der Waals surface area contributed by atoms with Gasteiger partial charge in [0.25, 0.3) is 0 Å². The van der Waals surface area contributed by atoms with Crippen LogP contribution >= 0.6 is 0 Å². The van der Waals surface area contributed by atoms with Crippen LogP contribution in [0, 0.1) is 7.43 Å². The molecule has 1 rings (SSSR count). The van der Waals surface area contributed by atoms with Gasteiger partial charge in [-0.3, -0.25) is 0 Å². The molecule has 0 saturated heterocycles. The number of rotatable bonds is 0. The first-order chi connectivity index (χ1) is 2.50. The van der Waals surface area contributed by atoms with E-state index in [0.29, 0.717) is 0 Å². The van der Waals surface area contributed by atoms with Crippen LogP contribution in [-0.4, -0.2) is 4.98 Å². The van der Waals surface area contributed by atoms with Crippen molar-refractivity contribution in [1.82, 2.24) is 9.97 Å². The molecule has 37 valence electrons. The minimum Gasteiger partial charge on any atom is -0.450 e. The van der Waals surface area contributed by atoms with E-state index in [1.54, 1.807) is 12.4 Å². The van der Waals surface area contributed by atoms with E-state index in [4.69, 9.17) is 0 Å². The van der Waals surface area contributed by atoms with Crippen molar-refractivity contribution >= 4 is 0 Å². The van der Waals surface area contributed by atoms with Gasteiger partial charge in [-0.1, -0.05) is 18.7 Å². The summed E-state index contributed by atoms with van der Waals surface area (Å²) in [5.74, 6) is 0. The van der Waals surface area contributed by atoms with E-state index >= 15 is 0 Å². The maximum Gasteiger partial charge on any atom is 0 e. The van der Waals surface area contributed by atoms with Crippen molar-refractivity contribution in [3.05, 3.63) is 26.1 Å². The summed E-state index contributed by atoms with van der Waals surface area (Å²) in [5.41, 5.74) is 0. The third kappa shape index (κ3) is 4.16. The first-order valence-corrected chi connectivity index (χ1v) is 1.37. The second kappa shape index (κ2) is 6.31. The van der Waals surface area contributed by atoms with Gasteiger partial charge in [-0.2, -0.15) is 0 Å². The van der Waals surface area contributed by atoms with E-state index < -0.39 is 0 Å². The fourth-order valence-corrected chi connectivity index (χ4v) is 0.192. The molecule has 0 atom stereocenters. The zero-order chi connectivity index (χ0) is 3.54. The van der Waals surface area contributed by atoms with Crippen molar-refractivity contribution < 1.29 is 32.7 Å². The van der Waals surface area contributed by atoms with Crippen molar-refractivity contribution in [2.24, 2.45) is 0 Å². The Hall–Kier alpha value is 0.314. The average molecular weight is 171 g/mol. The molecule has 0 aliphatic heterocycles. The van der Waals surface area contributed by atoms with Gasteiger partial charge in [0.15, 0.2) is 0 Å². The van der Waals surface area contributed by atoms with Crippen LogP contribution in [0.25, 0.3) is 0 Å². The predicted molar refractivity (Wildman–Crippen MR) is 24.0 cm³/mol. The first kappa shape index (κ1) is 10.3. The molecule has 0 amide bonds. The van der Waals surface area contributed by atoms with Gasteiger partial charge in [-0.25, -0.2) is 0 Å². The van der Waals surface area contributed by atoms with E-state index in [9.17, 15) is 0 Å². The van der Waals surface area contributed by atoms with Gasteiger partial charge in [0.1, 0.15) is 0 Å². The third-order valence-electron chi connectivity index (χ3n) is 0.372. The minimum absolute atomic E-state index is 0. The zero-order valence-corrected chi connectivity index (χ0v) is 7.04. The molecule has 0 aromatic carbocycles. The van der Waals surface area contributed by atoms with Gasteiger partial charge in [-0.15, -0.1) is 0 Å². The number of imidazole rings is 1. The van der Waals surface area contributed by atoms with Crippen LogP contribution in [-0.2, 0) is 32.7 Å². The van der Waals surface area contributed by atoms with Crippen molar-refractivity contribution in [3.63, 3.8) is 0 Å². The topological polar surface area (TPSA) is 27.0 Å². The van der Waals surface area contributed by atoms with Crippen LogP contribution < -0.4 is 4.98 Å². The molecule has 0 spiro atoms. The van der Waals surface area contributed by atoms with Crippen molar-refractivity contribution in [2.45, 2.75) is 0 Å². The summed E-state index contributed by atoms with van der Waals surface area (Å²) in [7, 11) is 0. The minimum atomic E-state index is 0. The van der Waals surface area contributed by atoms with Gasteiger partial charge in [0, 0.05) is 32.7 Å². The zero-order valence-electron chi connectivity index (χ0n) is 4.20. The van der Waals surface area contributed by atoms with Gasteiger partial charge in [-0.05, 0) is 0 Å². The van der Waals surface area contributed by atoms with Gasteiger partial charge in [0.2, 0.25) is 0 Å². The molecule has 2 nitrogen and oxygen atoms in total. The average Bonchev–Trinajstić information content (AvgIpc) is 1.76. The summed E-state index contributed by atoms with van der Waals surface area (Å²) in [6, 6.07) is 0. The largest absolute Gasteiger partial charge is 0.450 e. The molecule has 0 bridgehead atoms. The van der Waals surface area contributed by atoms with E-state index in [0.717, 1.165) is 0 Å². The second-order valence-corrected chi connectivity index (χ2v) is 0.712. The van der Waals surface area contributed by atoms with E-state index in [1.807, 2.05) is 0 Å². The van der Waals surface area contributed by atoms with Gasteiger partial charge >= 0.3 is 0 Å². The Balaban J connectivity index is 0. The number of nitrogens with zero attached hydrogens (tertiary/aromatic N) is 2. The fourth-order valence-electron chi connectivity index (χ4n) is 0.192. The summed E-state index contributed by atoms with van der Waals surface area (Å²) in [6.45, 7) is 0. The molecular formula is C4H6N2Y-2. The SMILES string of the molecule is [CH3-].[Y].c1c[n-]cn1. The second-order valence-electron chi connectivity index (χ2n) is 0.712. The molecule has 0 fully saturated rings. The van der Waals surface area contributed by atoms with Gasteiger partial charge < -0.3 is 17.4 Å². The maximum atomic E-state index is 3.61. The fraction of sp³-hybridized carbons (Fsp3) is 0. The Kier molecular flexibility index (Phi) is 9.31. The van der Waals surface area contributed by atoms with E-state index in [2.05, 4.69) is 9.97 Å². The Morgan fingerprint density at radius 3 is 2.29 bits per heavy atom. The smallest absolute Gasteiger partial charge is 0 e. The van der Waals surface area contributed by atoms with Crippen molar-refractivity contribution in [3.8, 4) is 0 Å². The van der Waals surface area contributed by atoms with Crippen LogP contribution in [0.2, 0.25) is 0 Å². The molecule has 3 heteroatoms. The Bertz CT molecular complexity index is 66.2. The Morgan fingerprint density at radius 2 is 2.14 bits per heavy atom. The Morgan fingerprint density at radius 1 is 1.43 bits per heavy atom. The number of aromatic nitrogens is 2. The molecule has 1 aromatic rings. The van der Waals surface area contributed by atoms with Gasteiger partial charge in [0.05, 0.1) is 0 Å². The van der Waals surface area contributed by atoms with Crippen LogP contribution in [0.15, 0.2) is 18.7 Å². The monoisotopic (exact) mass is 171 g/mol. The normalized spacial score (nSPS) is 5.71. The number of hydrogen-bond donors (Lipinski definition) is 0. The first-order valence-electron chi connectivity index (χ1n) is 1.37. The molecule has 1 heterocycles. The van der Waals surface area contributed by atoms with E-state index in [-0.39, 0.29) is 40.1 Å². The molecule has 0 N–H and O–H groups in total. The quantitative estimate of drug-likeness (QED) is 0.531. The standard InChI is InChI=1S/C3H3N2.CH3.Y/c1-2-5-3-4-1;;/h1-3H;1H3;/q2*-1;. The third-order valence-corrected chi connectivity index (χ3v) is 0.372. The molecule has 0 aliphatic carbocycles. The summed E-state index contributed by atoms with van der Waals surface area (Å²) in [4.78, 5) is 7.22. The number of hydrogen-bond acceptors (Lipinski definition) is 1. The molecular weight excluding hydrogens is 165 g/mol. The van der Waals surface area contributed by atoms with Crippen molar-refractivity contribution in [1.29, 1.82) is 0 Å². The van der Waals surface area contributed by atoms with Crippen LogP contribution in [0.4, 0.5) is 0 Å². The maximum absolute atomic E-state index is 3.61. The van der Waals surface area contributed by atoms with Crippen LogP contribution in [0.1, 0.15) is 0 Å². The summed E-state index contributed by atoms with van der Waals surface area (Å²) >= 11 is 0. The summed E-state index contributed by atoms with van der Waals surface area (Å²) in [6.07, 6.45) is 4.78. The molecule has 0 aliphatic rings. The molecule has 7 heavy (non-hydrogen) atoms. The predicted octanol–water partition coefficient (Wildman–Crippen LogP) is 0.487. The molecule has 0 unspecified atom stereocenters. The van der Waals surface area contributed by atoms with Crippen LogP contribution in [0.5, 0.6) is 0 Å². The molecule has 1 radical (unpaired) electrons. The Labute approximate surface area is 68.6 Å². The molecule has 1 aromatic heterocycles. The summed E-state index contributed by atoms with van der Waals surface area (Å²) < 4.78 is 0. The van der Waals surface area contributed by atoms with Crippen molar-refractivity contribution in [2.75, 3.05) is 0 Å².